The molecule has 13 heteroatoms. The summed E-state index contributed by atoms with van der Waals surface area (Å²) in [7, 11) is -1.58. The molecule has 0 unspecified atom stereocenters. The first-order valence-corrected chi connectivity index (χ1v) is 15.8. The van der Waals surface area contributed by atoms with Gasteiger partial charge in [0.05, 0.1) is 34.5 Å². The summed E-state index contributed by atoms with van der Waals surface area (Å²) in [5.41, 5.74) is -0.490. The van der Waals surface area contributed by atoms with Gasteiger partial charge in [0, 0.05) is 24.2 Å². The van der Waals surface area contributed by atoms with E-state index in [9.17, 15) is 9.00 Å². The average Bonchev–Trinajstić information content (AvgIpc) is 3.63. The number of hydrogen-bond acceptors (Lipinski definition) is 10. The lowest BCUT2D eigenvalue weighted by molar-refractivity contribution is 0.0560. The molecule has 11 nitrogen and oxygen atoms in total. The number of amidine groups is 1. The van der Waals surface area contributed by atoms with Gasteiger partial charge in [-0.3, -0.25) is 10.3 Å². The second-order valence-corrected chi connectivity index (χ2v) is 15.6. The lowest BCUT2D eigenvalue weighted by Gasteiger charge is -2.41. The summed E-state index contributed by atoms with van der Waals surface area (Å²) in [5.74, 6) is 0.878. The smallest absolute Gasteiger partial charge is 0.413 e. The molecule has 1 aromatic carbocycles. The van der Waals surface area contributed by atoms with Crippen molar-refractivity contribution >= 4 is 21.7 Å². The Hall–Kier alpha value is -3.87. The third-order valence-electron chi connectivity index (χ3n) is 7.51. The monoisotopic (exact) mass is 612 g/mol. The number of nitrogens with one attached hydrogen (secondary N) is 1. The first kappa shape index (κ1) is 30.6. The molecule has 0 bridgehead atoms. The van der Waals surface area contributed by atoms with Gasteiger partial charge in [0.2, 0.25) is 5.88 Å². The molecule has 0 radical (unpaired) electrons. The van der Waals surface area contributed by atoms with Crippen LogP contribution in [0.2, 0.25) is 0 Å². The highest BCUT2D eigenvalue weighted by atomic mass is 32.2. The van der Waals surface area contributed by atoms with E-state index >= 15 is 4.39 Å². The number of rotatable bonds is 6. The third-order valence-corrected chi connectivity index (χ3v) is 10.8. The predicted molar refractivity (Wildman–Crippen MR) is 161 cm³/mol. The SMILES string of the molecule is CN=[S@@]1(=O)C[C@@](C)(c2cc(-c3cc(-c4cnc(OCC5CC5)cn4)no3)ccc2F)N=C(NC(=O)OC(C)(C)C)C1(C)C. The number of aliphatic imine (C=N–C) groups is 1. The number of nitrogens with zero attached hydrogens (tertiary/aromatic N) is 5. The summed E-state index contributed by atoms with van der Waals surface area (Å²) in [4.78, 5) is 26.2. The molecule has 230 valence electrons. The van der Waals surface area contributed by atoms with Gasteiger partial charge < -0.3 is 14.0 Å². The Bertz CT molecular complexity index is 1680. The minimum atomic E-state index is -3.04. The van der Waals surface area contributed by atoms with E-state index in [2.05, 4.69) is 24.8 Å². The number of benzene rings is 1. The van der Waals surface area contributed by atoms with Crippen LogP contribution >= 0.6 is 0 Å². The van der Waals surface area contributed by atoms with Crippen LogP contribution in [0.1, 0.15) is 59.9 Å². The number of amides is 1. The summed E-state index contributed by atoms with van der Waals surface area (Å²) in [5, 5.41) is 6.79. The fourth-order valence-electron chi connectivity index (χ4n) is 4.77. The van der Waals surface area contributed by atoms with Crippen LogP contribution in [0.3, 0.4) is 0 Å². The predicted octanol–water partition coefficient (Wildman–Crippen LogP) is 5.75. The van der Waals surface area contributed by atoms with Crippen LogP contribution in [0.5, 0.6) is 5.88 Å². The normalized spacial score (nSPS) is 23.3. The molecule has 2 atom stereocenters. The van der Waals surface area contributed by atoms with E-state index in [0.717, 1.165) is 0 Å². The summed E-state index contributed by atoms with van der Waals surface area (Å²) >= 11 is 0. The van der Waals surface area contributed by atoms with Crippen LogP contribution < -0.4 is 10.1 Å². The topological polar surface area (TPSA) is 141 Å². The van der Waals surface area contributed by atoms with Gasteiger partial charge in [0.1, 0.15) is 38.9 Å². The van der Waals surface area contributed by atoms with Gasteiger partial charge in [-0.2, -0.15) is 0 Å². The van der Waals surface area contributed by atoms with E-state index in [1.54, 1.807) is 72.1 Å². The van der Waals surface area contributed by atoms with E-state index in [4.69, 9.17) is 19.0 Å². The van der Waals surface area contributed by atoms with Gasteiger partial charge in [0.15, 0.2) is 5.76 Å². The van der Waals surface area contributed by atoms with E-state index in [0.29, 0.717) is 41.1 Å². The minimum absolute atomic E-state index is 0.0736. The summed E-state index contributed by atoms with van der Waals surface area (Å²) in [6, 6.07) is 6.12. The second kappa shape index (κ2) is 11.0. The van der Waals surface area contributed by atoms with Gasteiger partial charge in [-0.05, 0) is 78.5 Å². The standard InChI is InChI=1S/C30H37FN6O5S/c1-28(2,3)41-27(38)35-26-29(4,5)43(39,32-7)17-30(6,36-26)20-12-19(10-11-21(20)31)24-13-22(37-42-24)23-14-34-25(15-33-23)40-16-18-8-9-18/h10-15,18H,8-9,16-17H2,1-7H3,(H,35,36,38)/t30-,43+/m0/s1. The molecule has 1 saturated carbocycles. The first-order valence-electron chi connectivity index (χ1n) is 14.1. The Balaban J connectivity index is 1.47. The third kappa shape index (κ3) is 6.41. The fraction of sp³-hybridized carbons (Fsp3) is 0.500. The molecule has 3 heterocycles. The van der Waals surface area contributed by atoms with E-state index in [-0.39, 0.29) is 17.2 Å². The molecule has 1 aliphatic carbocycles. The summed E-state index contributed by atoms with van der Waals surface area (Å²) < 4.78 is 49.5. The quantitative estimate of drug-likeness (QED) is 0.371. The van der Waals surface area contributed by atoms with Crippen molar-refractivity contribution in [2.45, 2.75) is 70.3 Å². The van der Waals surface area contributed by atoms with Gasteiger partial charge in [-0.1, -0.05) is 5.16 Å². The maximum absolute atomic E-state index is 15.5. The van der Waals surface area contributed by atoms with Crippen molar-refractivity contribution in [3.05, 3.63) is 48.0 Å². The zero-order valence-corrected chi connectivity index (χ0v) is 26.2. The zero-order valence-electron chi connectivity index (χ0n) is 25.4. The van der Waals surface area contributed by atoms with E-state index in [1.165, 1.54) is 26.0 Å². The van der Waals surface area contributed by atoms with Crippen LogP contribution in [0, 0.1) is 11.7 Å². The van der Waals surface area contributed by atoms with E-state index < -0.39 is 37.5 Å². The highest BCUT2D eigenvalue weighted by molar-refractivity contribution is 7.95. The molecule has 1 aliphatic heterocycles. The molecule has 2 aliphatic rings. The molecule has 5 rings (SSSR count). The molecule has 1 N–H and O–H groups in total. The molecule has 0 saturated heterocycles. The molecule has 1 fully saturated rings. The number of halogens is 1. The minimum Gasteiger partial charge on any atom is -0.476 e. The Kier molecular flexibility index (Phi) is 7.82. The molecule has 3 aromatic rings. The Morgan fingerprint density at radius 3 is 2.53 bits per heavy atom. The Morgan fingerprint density at radius 2 is 1.91 bits per heavy atom. The summed E-state index contributed by atoms with van der Waals surface area (Å²) in [6.45, 7) is 10.9. The van der Waals surface area contributed by atoms with Crippen molar-refractivity contribution < 1.29 is 27.4 Å². The van der Waals surface area contributed by atoms with E-state index in [1.807, 2.05) is 0 Å². The van der Waals surface area contributed by atoms with Crippen LogP contribution in [0.25, 0.3) is 22.7 Å². The van der Waals surface area contributed by atoms with Gasteiger partial charge >= 0.3 is 6.09 Å². The average molecular weight is 613 g/mol. The van der Waals surface area contributed by atoms with Gasteiger partial charge in [0.25, 0.3) is 0 Å². The number of ether oxygens (including phenoxy) is 2. The molecule has 1 amide bonds. The molecule has 43 heavy (non-hydrogen) atoms. The molecular weight excluding hydrogens is 575 g/mol. The number of hydrogen-bond donors (Lipinski definition) is 1. The second-order valence-electron chi connectivity index (χ2n) is 12.6. The van der Waals surface area contributed by atoms with Crippen LogP contribution in [-0.4, -0.2) is 61.0 Å². The first-order chi connectivity index (χ1) is 20.1. The van der Waals surface area contributed by atoms with Crippen molar-refractivity contribution in [1.82, 2.24) is 20.4 Å². The van der Waals surface area contributed by atoms with Crippen molar-refractivity contribution in [2.75, 3.05) is 19.4 Å². The zero-order chi connectivity index (χ0) is 31.2. The van der Waals surface area contributed by atoms with Crippen molar-refractivity contribution in [1.29, 1.82) is 0 Å². The van der Waals surface area contributed by atoms with Crippen molar-refractivity contribution in [3.63, 3.8) is 0 Å². The highest BCUT2D eigenvalue weighted by Gasteiger charge is 2.49. The largest absolute Gasteiger partial charge is 0.476 e. The van der Waals surface area contributed by atoms with Crippen LogP contribution in [0.15, 0.2) is 50.5 Å². The fourth-order valence-corrected chi connectivity index (χ4v) is 7.10. The summed E-state index contributed by atoms with van der Waals surface area (Å²) in [6.07, 6.45) is 4.71. The van der Waals surface area contributed by atoms with Gasteiger partial charge in [-0.15, -0.1) is 0 Å². The number of carbonyl (C=O) groups excluding carboxylic acids is 1. The number of aromatic nitrogens is 3. The Labute approximate surface area is 250 Å². The maximum atomic E-state index is 15.5. The number of carbonyl (C=O) groups is 1. The highest BCUT2D eigenvalue weighted by Crippen LogP contribution is 2.41. The van der Waals surface area contributed by atoms with Crippen molar-refractivity contribution in [2.24, 2.45) is 15.3 Å². The lowest BCUT2D eigenvalue weighted by atomic mass is 9.91. The van der Waals surface area contributed by atoms with Crippen LogP contribution in [-0.2, 0) is 20.0 Å². The lowest BCUT2D eigenvalue weighted by Crippen LogP contribution is -2.57. The molecule has 2 aromatic heterocycles. The maximum Gasteiger partial charge on any atom is 0.413 e. The molecule has 0 spiro atoms. The molecular formula is C30H37FN6O5S. The van der Waals surface area contributed by atoms with Crippen LogP contribution in [0.4, 0.5) is 9.18 Å². The number of alkyl carbamates (subject to hydrolysis) is 1. The van der Waals surface area contributed by atoms with Gasteiger partial charge in [-0.25, -0.2) is 27.7 Å². The Morgan fingerprint density at radius 1 is 1.16 bits per heavy atom. The van der Waals surface area contributed by atoms with Crippen molar-refractivity contribution in [3.8, 4) is 28.6 Å².